The monoisotopic (exact) mass is 300 g/mol. The molecule has 0 aliphatic carbocycles. The van der Waals surface area contributed by atoms with Gasteiger partial charge in [-0.2, -0.15) is 0 Å². The van der Waals surface area contributed by atoms with Crippen molar-refractivity contribution < 1.29 is 15.0 Å². The Morgan fingerprint density at radius 2 is 2.00 bits per heavy atom. The van der Waals surface area contributed by atoms with Gasteiger partial charge in [0, 0.05) is 24.2 Å². The van der Waals surface area contributed by atoms with Crippen LogP contribution in [0.25, 0.3) is 10.9 Å². The quantitative estimate of drug-likeness (QED) is 0.835. The summed E-state index contributed by atoms with van der Waals surface area (Å²) in [4.78, 5) is 18.9. The number of benzene rings is 1. The molecule has 3 rings (SSSR count). The number of aliphatic hydroxyl groups is 2. The summed E-state index contributed by atoms with van der Waals surface area (Å²) in [5.41, 5.74) is 3.26. The number of nitrogens with zero attached hydrogens (tertiary/aromatic N) is 2. The molecule has 1 saturated heterocycles. The van der Waals surface area contributed by atoms with Gasteiger partial charge in [-0.3, -0.25) is 9.78 Å². The van der Waals surface area contributed by atoms with Crippen molar-refractivity contribution >= 4 is 16.8 Å². The third-order valence-electron chi connectivity index (χ3n) is 4.16. The average molecular weight is 300 g/mol. The number of fused-ring (bicyclic) bond motifs is 1. The molecule has 0 spiro atoms. The first kappa shape index (κ1) is 14.9. The Morgan fingerprint density at radius 1 is 1.23 bits per heavy atom. The van der Waals surface area contributed by atoms with Crippen LogP contribution in [0.1, 0.15) is 28.0 Å². The van der Waals surface area contributed by atoms with Crippen LogP contribution in [0.15, 0.2) is 24.3 Å². The average Bonchev–Trinajstić information content (AvgIpc) is 2.49. The van der Waals surface area contributed by atoms with Gasteiger partial charge in [-0.05, 0) is 38.5 Å². The van der Waals surface area contributed by atoms with E-state index in [4.69, 9.17) is 0 Å². The maximum absolute atomic E-state index is 12.8. The van der Waals surface area contributed by atoms with E-state index in [1.807, 2.05) is 32.0 Å². The number of β-amino-alcohol motifs (C(OH)–C–C–N with tert-alkyl or cyclic N) is 1. The highest BCUT2D eigenvalue weighted by molar-refractivity contribution is 6.06. The molecule has 2 atom stereocenters. The van der Waals surface area contributed by atoms with Gasteiger partial charge in [0.05, 0.1) is 23.3 Å². The van der Waals surface area contributed by atoms with Crippen molar-refractivity contribution in [3.05, 3.63) is 41.1 Å². The van der Waals surface area contributed by atoms with Gasteiger partial charge in [-0.1, -0.05) is 11.6 Å². The summed E-state index contributed by atoms with van der Waals surface area (Å²) in [6.45, 7) is 4.46. The van der Waals surface area contributed by atoms with E-state index in [1.54, 1.807) is 11.0 Å². The minimum atomic E-state index is -0.881. The lowest BCUT2D eigenvalue weighted by atomic mass is 10.0. The Labute approximate surface area is 129 Å². The maximum Gasteiger partial charge on any atom is 0.254 e. The number of pyridine rings is 1. The maximum atomic E-state index is 12.8. The predicted octanol–water partition coefficient (Wildman–Crippen LogP) is 1.42. The topological polar surface area (TPSA) is 73.7 Å². The number of carbonyl (C=O) groups excluding carboxylic acids is 1. The number of likely N-dealkylation sites (tertiary alicyclic amines) is 1. The molecule has 0 saturated carbocycles. The van der Waals surface area contributed by atoms with E-state index in [0.29, 0.717) is 18.5 Å². The number of aromatic nitrogens is 1. The number of hydrogen-bond donors (Lipinski definition) is 2. The summed E-state index contributed by atoms with van der Waals surface area (Å²) in [7, 11) is 0. The first-order chi connectivity index (χ1) is 10.5. The smallest absolute Gasteiger partial charge is 0.254 e. The van der Waals surface area contributed by atoms with E-state index in [1.165, 1.54) is 0 Å². The molecule has 1 amide bonds. The summed E-state index contributed by atoms with van der Waals surface area (Å²) >= 11 is 0. The van der Waals surface area contributed by atoms with Crippen LogP contribution < -0.4 is 0 Å². The Kier molecular flexibility index (Phi) is 3.85. The highest BCUT2D eigenvalue weighted by Gasteiger charge is 2.30. The lowest BCUT2D eigenvalue weighted by Crippen LogP contribution is -2.49. The van der Waals surface area contributed by atoms with Gasteiger partial charge in [0.1, 0.15) is 0 Å². The second-order valence-corrected chi connectivity index (χ2v) is 6.01. The van der Waals surface area contributed by atoms with Crippen LogP contribution in [0, 0.1) is 13.8 Å². The van der Waals surface area contributed by atoms with E-state index in [2.05, 4.69) is 4.98 Å². The Balaban J connectivity index is 2.02. The highest BCUT2D eigenvalue weighted by Crippen LogP contribution is 2.23. The van der Waals surface area contributed by atoms with E-state index < -0.39 is 12.2 Å². The van der Waals surface area contributed by atoms with Crippen LogP contribution in [0.3, 0.4) is 0 Å². The minimum Gasteiger partial charge on any atom is -0.390 e. The fraction of sp³-hybridized carbons (Fsp3) is 0.412. The van der Waals surface area contributed by atoms with E-state index in [9.17, 15) is 15.0 Å². The van der Waals surface area contributed by atoms with Crippen molar-refractivity contribution in [1.82, 2.24) is 9.88 Å². The number of aliphatic hydroxyl groups excluding tert-OH is 2. The van der Waals surface area contributed by atoms with Crippen LogP contribution in [0.4, 0.5) is 0 Å². The zero-order valence-electron chi connectivity index (χ0n) is 12.8. The molecule has 0 radical (unpaired) electrons. The second kappa shape index (κ2) is 5.66. The first-order valence-electron chi connectivity index (χ1n) is 7.49. The van der Waals surface area contributed by atoms with Crippen LogP contribution in [-0.4, -0.2) is 51.3 Å². The second-order valence-electron chi connectivity index (χ2n) is 6.01. The van der Waals surface area contributed by atoms with Gasteiger partial charge in [0.15, 0.2) is 0 Å². The molecule has 2 aromatic rings. The van der Waals surface area contributed by atoms with Gasteiger partial charge < -0.3 is 15.1 Å². The highest BCUT2D eigenvalue weighted by atomic mass is 16.3. The molecule has 0 bridgehead atoms. The van der Waals surface area contributed by atoms with Crippen LogP contribution in [0.5, 0.6) is 0 Å². The van der Waals surface area contributed by atoms with Crippen molar-refractivity contribution in [2.24, 2.45) is 0 Å². The van der Waals surface area contributed by atoms with Crippen molar-refractivity contribution in [3.63, 3.8) is 0 Å². The van der Waals surface area contributed by atoms with Gasteiger partial charge in [0.2, 0.25) is 0 Å². The normalized spacial score (nSPS) is 22.1. The number of aryl methyl sites for hydroxylation is 2. The van der Waals surface area contributed by atoms with Gasteiger partial charge in [0.25, 0.3) is 5.91 Å². The first-order valence-corrected chi connectivity index (χ1v) is 7.49. The molecule has 1 aromatic heterocycles. The van der Waals surface area contributed by atoms with E-state index in [-0.39, 0.29) is 12.5 Å². The number of rotatable bonds is 1. The molecule has 2 N–H and O–H groups in total. The molecule has 1 aromatic carbocycles. The largest absolute Gasteiger partial charge is 0.390 e. The summed E-state index contributed by atoms with van der Waals surface area (Å²) in [6.07, 6.45) is -1.23. The van der Waals surface area contributed by atoms with Gasteiger partial charge in [-0.15, -0.1) is 0 Å². The van der Waals surface area contributed by atoms with Crippen LogP contribution in [-0.2, 0) is 0 Å². The van der Waals surface area contributed by atoms with Crippen molar-refractivity contribution in [2.75, 3.05) is 13.1 Å². The summed E-state index contributed by atoms with van der Waals surface area (Å²) in [6, 6.07) is 7.65. The van der Waals surface area contributed by atoms with Gasteiger partial charge >= 0.3 is 0 Å². The molecule has 1 aliphatic rings. The summed E-state index contributed by atoms with van der Waals surface area (Å²) in [5.74, 6) is -0.118. The van der Waals surface area contributed by atoms with Crippen molar-refractivity contribution in [3.8, 4) is 0 Å². The molecule has 1 aliphatic heterocycles. The zero-order valence-corrected chi connectivity index (χ0v) is 12.8. The van der Waals surface area contributed by atoms with Crippen molar-refractivity contribution in [2.45, 2.75) is 32.5 Å². The molecular weight excluding hydrogens is 280 g/mol. The minimum absolute atomic E-state index is 0.118. The lowest BCUT2D eigenvalue weighted by molar-refractivity contribution is -0.0321. The number of hydrogen-bond acceptors (Lipinski definition) is 4. The molecule has 0 unspecified atom stereocenters. The van der Waals surface area contributed by atoms with E-state index in [0.717, 1.165) is 22.2 Å². The number of piperidine rings is 1. The molecule has 22 heavy (non-hydrogen) atoms. The Morgan fingerprint density at radius 3 is 2.73 bits per heavy atom. The van der Waals surface area contributed by atoms with Crippen LogP contribution >= 0.6 is 0 Å². The summed E-state index contributed by atoms with van der Waals surface area (Å²) in [5, 5.41) is 20.2. The fourth-order valence-corrected chi connectivity index (χ4v) is 2.92. The Hall–Kier alpha value is -1.98. The van der Waals surface area contributed by atoms with Gasteiger partial charge in [-0.25, -0.2) is 0 Å². The lowest BCUT2D eigenvalue weighted by Gasteiger charge is -2.33. The van der Waals surface area contributed by atoms with E-state index >= 15 is 0 Å². The van der Waals surface area contributed by atoms with Crippen molar-refractivity contribution in [1.29, 1.82) is 0 Å². The zero-order chi connectivity index (χ0) is 15.9. The third kappa shape index (κ3) is 2.69. The molecule has 5 nitrogen and oxygen atoms in total. The molecule has 1 fully saturated rings. The van der Waals surface area contributed by atoms with Crippen LogP contribution in [0.2, 0.25) is 0 Å². The Bertz CT molecular complexity index is 729. The molecule has 2 heterocycles. The summed E-state index contributed by atoms with van der Waals surface area (Å²) < 4.78 is 0. The number of amides is 1. The predicted molar refractivity (Wildman–Crippen MR) is 83.8 cm³/mol. The SMILES string of the molecule is Cc1ccc2nc(C)cc(C(=O)N3CC[C@H](O)[C@@H](O)C3)c2c1. The standard InChI is InChI=1S/C17H20N2O3/c1-10-3-4-14-12(7-10)13(8-11(2)18-14)17(22)19-6-5-15(20)16(21)9-19/h3-4,7-8,15-16,20-21H,5-6,9H2,1-2H3/t15-,16-/m0/s1. The third-order valence-corrected chi connectivity index (χ3v) is 4.16. The molecular formula is C17H20N2O3. The number of carbonyl (C=O) groups is 1. The molecule has 5 heteroatoms. The fourth-order valence-electron chi connectivity index (χ4n) is 2.92. The molecule has 116 valence electrons.